The summed E-state index contributed by atoms with van der Waals surface area (Å²) in [5.41, 5.74) is 2.66. The Labute approximate surface area is 159 Å². The Hall–Kier alpha value is -1.96. The van der Waals surface area contributed by atoms with Gasteiger partial charge in [-0.25, -0.2) is 0 Å². The minimum atomic E-state index is 0.247. The minimum absolute atomic E-state index is 0.247. The third kappa shape index (κ3) is 6.09. The third-order valence-corrected chi connectivity index (χ3v) is 5.09. The second-order valence-corrected chi connectivity index (χ2v) is 7.96. The molecule has 0 amide bonds. The number of phenolic OH excluding ortho intramolecular Hbond substituents is 1. The van der Waals surface area contributed by atoms with Crippen LogP contribution in [0.15, 0.2) is 48.5 Å². The van der Waals surface area contributed by atoms with Gasteiger partial charge in [0, 0.05) is 0 Å². The van der Waals surface area contributed by atoms with Gasteiger partial charge in [0.15, 0.2) is 0 Å². The summed E-state index contributed by atoms with van der Waals surface area (Å²) in [6.07, 6.45) is 3.52. The molecule has 0 aliphatic heterocycles. The van der Waals surface area contributed by atoms with E-state index >= 15 is 0 Å². The van der Waals surface area contributed by atoms with Gasteiger partial charge in [0.2, 0.25) is 0 Å². The van der Waals surface area contributed by atoms with Crippen LogP contribution in [-0.2, 0) is 0 Å². The summed E-state index contributed by atoms with van der Waals surface area (Å²) in [4.78, 5) is 0. The molecule has 2 nitrogen and oxygen atoms in total. The maximum atomic E-state index is 9.50. The molecule has 2 aromatic rings. The van der Waals surface area contributed by atoms with Crippen molar-refractivity contribution in [2.24, 2.45) is 5.92 Å². The largest absolute Gasteiger partial charge is 0.508 e. The molecule has 0 saturated heterocycles. The van der Waals surface area contributed by atoms with Gasteiger partial charge in [-0.15, -0.1) is 0 Å². The van der Waals surface area contributed by atoms with E-state index in [2.05, 4.69) is 58.9 Å². The Kier molecular flexibility index (Phi) is 7.56. The highest BCUT2D eigenvalue weighted by atomic mass is 16.5. The first-order chi connectivity index (χ1) is 12.4. The molecule has 142 valence electrons. The van der Waals surface area contributed by atoms with Gasteiger partial charge in [-0.05, 0) is 79.3 Å². The van der Waals surface area contributed by atoms with E-state index in [1.807, 2.05) is 12.1 Å². The van der Waals surface area contributed by atoms with Gasteiger partial charge in [0.05, 0.1) is 6.10 Å². The van der Waals surface area contributed by atoms with Crippen LogP contribution >= 0.6 is 0 Å². The van der Waals surface area contributed by atoms with Crippen LogP contribution in [0.2, 0.25) is 0 Å². The van der Waals surface area contributed by atoms with Crippen LogP contribution in [0.25, 0.3) is 0 Å². The quantitative estimate of drug-likeness (QED) is 0.531. The van der Waals surface area contributed by atoms with Gasteiger partial charge in [-0.1, -0.05) is 52.0 Å². The van der Waals surface area contributed by atoms with Crippen LogP contribution in [-0.4, -0.2) is 11.2 Å². The summed E-state index contributed by atoms with van der Waals surface area (Å²) in [6, 6.07) is 16.3. The number of hydrogen-bond acceptors (Lipinski definition) is 2. The highest BCUT2D eigenvalue weighted by molar-refractivity contribution is 5.31. The zero-order chi connectivity index (χ0) is 19.1. The molecule has 26 heavy (non-hydrogen) atoms. The molecule has 2 rings (SSSR count). The third-order valence-electron chi connectivity index (χ3n) is 5.09. The van der Waals surface area contributed by atoms with Crippen LogP contribution in [0.3, 0.4) is 0 Å². The first kappa shape index (κ1) is 20.4. The zero-order valence-corrected chi connectivity index (χ0v) is 16.9. The van der Waals surface area contributed by atoms with E-state index in [0.717, 1.165) is 25.0 Å². The van der Waals surface area contributed by atoms with E-state index < -0.39 is 0 Å². The SMILES string of the molecule is CCC(CC(C)c1ccc(OC(C)CC(C)C)cc1)c1ccc(O)cc1. The van der Waals surface area contributed by atoms with Gasteiger partial charge >= 0.3 is 0 Å². The van der Waals surface area contributed by atoms with Crippen LogP contribution in [0, 0.1) is 5.92 Å². The summed E-state index contributed by atoms with van der Waals surface area (Å²) in [5, 5.41) is 9.50. The van der Waals surface area contributed by atoms with Crippen LogP contribution in [0.5, 0.6) is 11.5 Å². The molecule has 2 heteroatoms. The fourth-order valence-corrected chi connectivity index (χ4v) is 3.67. The molecule has 0 aliphatic carbocycles. The van der Waals surface area contributed by atoms with Crippen molar-refractivity contribution >= 4 is 0 Å². The molecule has 3 atom stereocenters. The van der Waals surface area contributed by atoms with Crippen molar-refractivity contribution in [3.05, 3.63) is 59.7 Å². The van der Waals surface area contributed by atoms with E-state index in [1.165, 1.54) is 11.1 Å². The van der Waals surface area contributed by atoms with Crippen LogP contribution in [0.1, 0.15) is 76.8 Å². The van der Waals surface area contributed by atoms with Crippen molar-refractivity contribution in [1.82, 2.24) is 0 Å². The van der Waals surface area contributed by atoms with Gasteiger partial charge in [-0.3, -0.25) is 0 Å². The van der Waals surface area contributed by atoms with Crippen LogP contribution in [0.4, 0.5) is 0 Å². The van der Waals surface area contributed by atoms with Crippen molar-refractivity contribution in [2.75, 3.05) is 0 Å². The lowest BCUT2D eigenvalue weighted by atomic mass is 9.84. The molecular weight excluding hydrogens is 320 g/mol. The van der Waals surface area contributed by atoms with Crippen LogP contribution < -0.4 is 4.74 Å². The Morgan fingerprint density at radius 2 is 1.38 bits per heavy atom. The summed E-state index contributed by atoms with van der Waals surface area (Å²) in [7, 11) is 0. The van der Waals surface area contributed by atoms with E-state index in [4.69, 9.17) is 4.74 Å². The highest BCUT2D eigenvalue weighted by Crippen LogP contribution is 2.33. The molecule has 0 heterocycles. The number of ether oxygens (including phenoxy) is 1. The fraction of sp³-hybridized carbons (Fsp3) is 0.500. The Morgan fingerprint density at radius 1 is 0.808 bits per heavy atom. The molecule has 0 aliphatic rings. The smallest absolute Gasteiger partial charge is 0.119 e. The minimum Gasteiger partial charge on any atom is -0.508 e. The zero-order valence-electron chi connectivity index (χ0n) is 16.9. The van der Waals surface area contributed by atoms with Gasteiger partial charge in [0.25, 0.3) is 0 Å². The molecule has 3 unspecified atom stereocenters. The Bertz CT molecular complexity index is 643. The van der Waals surface area contributed by atoms with Gasteiger partial charge < -0.3 is 9.84 Å². The predicted molar refractivity (Wildman–Crippen MR) is 110 cm³/mol. The normalized spacial score (nSPS) is 14.8. The Morgan fingerprint density at radius 3 is 1.92 bits per heavy atom. The predicted octanol–water partition coefficient (Wildman–Crippen LogP) is 6.89. The standard InChI is InChI=1S/C24H34O2/c1-6-20(22-7-11-23(25)12-8-22)16-18(4)21-9-13-24(14-10-21)26-19(5)15-17(2)3/h7-14,17-20,25H,6,15-16H2,1-5H3. The second kappa shape index (κ2) is 9.66. The molecule has 0 radical (unpaired) electrons. The second-order valence-electron chi connectivity index (χ2n) is 7.96. The van der Waals surface area contributed by atoms with Crippen molar-refractivity contribution in [3.63, 3.8) is 0 Å². The molecule has 1 N–H and O–H groups in total. The number of aromatic hydroxyl groups is 1. The lowest BCUT2D eigenvalue weighted by molar-refractivity contribution is 0.193. The summed E-state index contributed by atoms with van der Waals surface area (Å²) in [6.45, 7) is 11.1. The van der Waals surface area contributed by atoms with Crippen molar-refractivity contribution in [1.29, 1.82) is 0 Å². The van der Waals surface area contributed by atoms with Crippen molar-refractivity contribution < 1.29 is 9.84 Å². The molecular formula is C24H34O2. The Balaban J connectivity index is 1.97. The van der Waals surface area contributed by atoms with E-state index in [-0.39, 0.29) is 6.10 Å². The highest BCUT2D eigenvalue weighted by Gasteiger charge is 2.16. The number of phenols is 1. The lowest BCUT2D eigenvalue weighted by Gasteiger charge is -2.21. The molecule has 0 fully saturated rings. The summed E-state index contributed by atoms with van der Waals surface area (Å²) < 4.78 is 6.02. The van der Waals surface area contributed by atoms with Crippen molar-refractivity contribution in [2.45, 2.75) is 71.8 Å². The monoisotopic (exact) mass is 354 g/mol. The average Bonchev–Trinajstić information content (AvgIpc) is 2.60. The van der Waals surface area contributed by atoms with E-state index in [1.54, 1.807) is 12.1 Å². The van der Waals surface area contributed by atoms with E-state index in [9.17, 15) is 5.11 Å². The van der Waals surface area contributed by atoms with Gasteiger partial charge in [0.1, 0.15) is 11.5 Å². The lowest BCUT2D eigenvalue weighted by Crippen LogP contribution is -2.14. The number of rotatable bonds is 9. The average molecular weight is 355 g/mol. The fourth-order valence-electron chi connectivity index (χ4n) is 3.67. The molecule has 2 aromatic carbocycles. The molecule has 0 saturated carbocycles. The maximum Gasteiger partial charge on any atom is 0.119 e. The topological polar surface area (TPSA) is 29.5 Å². The maximum absolute atomic E-state index is 9.50. The molecule has 0 bridgehead atoms. The molecule has 0 aromatic heterocycles. The number of benzene rings is 2. The summed E-state index contributed by atoms with van der Waals surface area (Å²) >= 11 is 0. The summed E-state index contributed by atoms with van der Waals surface area (Å²) in [5.74, 6) is 2.93. The van der Waals surface area contributed by atoms with Gasteiger partial charge in [-0.2, -0.15) is 0 Å². The molecule has 0 spiro atoms. The number of hydrogen-bond donors (Lipinski definition) is 1. The first-order valence-electron chi connectivity index (χ1n) is 9.94. The van der Waals surface area contributed by atoms with Crippen molar-refractivity contribution in [3.8, 4) is 11.5 Å². The van der Waals surface area contributed by atoms with E-state index in [0.29, 0.717) is 23.5 Å². The first-order valence-corrected chi connectivity index (χ1v) is 9.94.